The summed E-state index contributed by atoms with van der Waals surface area (Å²) in [5.74, 6) is -0.880. The van der Waals surface area contributed by atoms with Crippen molar-refractivity contribution in [2.24, 2.45) is 0 Å². The van der Waals surface area contributed by atoms with Gasteiger partial charge in [-0.1, -0.05) is 24.3 Å². The van der Waals surface area contributed by atoms with Crippen LogP contribution in [0.3, 0.4) is 0 Å². The molecule has 0 fully saturated rings. The average Bonchev–Trinajstić information content (AvgIpc) is 3.14. The summed E-state index contributed by atoms with van der Waals surface area (Å²) in [4.78, 5) is 25.9. The molecule has 7 nitrogen and oxygen atoms in total. The fourth-order valence-electron chi connectivity index (χ4n) is 2.43. The maximum atomic E-state index is 12.5. The first-order chi connectivity index (χ1) is 12.9. The lowest BCUT2D eigenvalue weighted by atomic mass is 10.3. The monoisotopic (exact) mass is 371 g/mol. The SMILES string of the molecule is C=CCOC(C)C(=O)OC(C)C(=O)N(C)Cc1cnn(-c2ccccc2)c1. The van der Waals surface area contributed by atoms with E-state index in [1.807, 2.05) is 36.5 Å². The molecule has 0 bridgehead atoms. The van der Waals surface area contributed by atoms with Crippen LogP contribution in [0.25, 0.3) is 5.69 Å². The Kier molecular flexibility index (Phi) is 7.31. The molecule has 27 heavy (non-hydrogen) atoms. The van der Waals surface area contributed by atoms with Crippen molar-refractivity contribution in [1.29, 1.82) is 0 Å². The second-order valence-electron chi connectivity index (χ2n) is 6.17. The van der Waals surface area contributed by atoms with Crippen molar-refractivity contribution in [2.45, 2.75) is 32.6 Å². The predicted molar refractivity (Wildman–Crippen MR) is 101 cm³/mol. The van der Waals surface area contributed by atoms with Crippen LogP contribution in [0.2, 0.25) is 0 Å². The topological polar surface area (TPSA) is 73.7 Å². The van der Waals surface area contributed by atoms with Gasteiger partial charge in [-0.05, 0) is 26.0 Å². The van der Waals surface area contributed by atoms with Gasteiger partial charge in [0.1, 0.15) is 0 Å². The number of nitrogens with zero attached hydrogens (tertiary/aromatic N) is 3. The number of amides is 1. The summed E-state index contributed by atoms with van der Waals surface area (Å²) in [6.07, 6.45) is 3.45. The molecule has 2 unspecified atom stereocenters. The van der Waals surface area contributed by atoms with E-state index in [-0.39, 0.29) is 12.5 Å². The summed E-state index contributed by atoms with van der Waals surface area (Å²) in [5, 5.41) is 4.31. The third-order valence-corrected chi connectivity index (χ3v) is 3.89. The van der Waals surface area contributed by atoms with Crippen LogP contribution in [0.4, 0.5) is 0 Å². The minimum Gasteiger partial charge on any atom is -0.451 e. The van der Waals surface area contributed by atoms with Gasteiger partial charge >= 0.3 is 5.97 Å². The smallest absolute Gasteiger partial charge is 0.335 e. The Balaban J connectivity index is 1.90. The highest BCUT2D eigenvalue weighted by Gasteiger charge is 2.24. The zero-order valence-electron chi connectivity index (χ0n) is 15.9. The van der Waals surface area contributed by atoms with Crippen LogP contribution in [0.15, 0.2) is 55.4 Å². The summed E-state index contributed by atoms with van der Waals surface area (Å²) < 4.78 is 12.1. The van der Waals surface area contributed by atoms with Gasteiger partial charge in [0, 0.05) is 25.4 Å². The normalized spacial score (nSPS) is 12.9. The lowest BCUT2D eigenvalue weighted by Crippen LogP contribution is -2.39. The van der Waals surface area contributed by atoms with Crippen molar-refractivity contribution in [1.82, 2.24) is 14.7 Å². The van der Waals surface area contributed by atoms with Crippen LogP contribution < -0.4 is 0 Å². The highest BCUT2D eigenvalue weighted by atomic mass is 16.6. The first kappa shape index (κ1) is 20.4. The van der Waals surface area contributed by atoms with E-state index in [1.54, 1.807) is 37.8 Å². The van der Waals surface area contributed by atoms with Crippen LogP contribution in [0, 0.1) is 0 Å². The standard InChI is InChI=1S/C20H25N3O4/c1-5-11-26-16(3)20(25)27-15(2)19(24)22(4)13-17-12-21-23(14-17)18-9-7-6-8-10-18/h5-10,12,14-16H,1,11,13H2,2-4H3. The van der Waals surface area contributed by atoms with Crippen molar-refractivity contribution >= 4 is 11.9 Å². The molecule has 1 aromatic carbocycles. The molecule has 0 aliphatic rings. The molecule has 1 heterocycles. The van der Waals surface area contributed by atoms with Crippen molar-refractivity contribution in [3.8, 4) is 5.69 Å². The lowest BCUT2D eigenvalue weighted by molar-refractivity contribution is -0.167. The summed E-state index contributed by atoms with van der Waals surface area (Å²) >= 11 is 0. The first-order valence-corrected chi connectivity index (χ1v) is 8.69. The molecule has 0 aliphatic heterocycles. The Morgan fingerprint density at radius 3 is 2.63 bits per heavy atom. The molecule has 2 rings (SSSR count). The number of aromatic nitrogens is 2. The number of hydrogen-bond donors (Lipinski definition) is 0. The molecule has 0 N–H and O–H groups in total. The predicted octanol–water partition coefficient (Wildman–Crippen LogP) is 2.35. The van der Waals surface area contributed by atoms with E-state index in [9.17, 15) is 9.59 Å². The molecule has 0 aliphatic carbocycles. The van der Waals surface area contributed by atoms with Gasteiger partial charge in [0.2, 0.25) is 0 Å². The molecule has 144 valence electrons. The van der Waals surface area contributed by atoms with E-state index in [2.05, 4.69) is 11.7 Å². The maximum absolute atomic E-state index is 12.5. The van der Waals surface area contributed by atoms with Crippen LogP contribution in [0.5, 0.6) is 0 Å². The minimum atomic E-state index is -0.901. The first-order valence-electron chi connectivity index (χ1n) is 8.69. The summed E-state index contributed by atoms with van der Waals surface area (Å²) in [5.41, 5.74) is 1.81. The van der Waals surface area contributed by atoms with Crippen molar-refractivity contribution in [3.63, 3.8) is 0 Å². The molecule has 1 amide bonds. The fourth-order valence-corrected chi connectivity index (χ4v) is 2.43. The van der Waals surface area contributed by atoms with Gasteiger partial charge < -0.3 is 14.4 Å². The molecular formula is C20H25N3O4. The number of carbonyl (C=O) groups excluding carboxylic acids is 2. The summed E-state index contributed by atoms with van der Waals surface area (Å²) in [6, 6.07) is 9.70. The molecule has 7 heteroatoms. The summed E-state index contributed by atoms with van der Waals surface area (Å²) in [7, 11) is 1.66. The van der Waals surface area contributed by atoms with Gasteiger partial charge in [0.05, 0.1) is 18.5 Å². The van der Waals surface area contributed by atoms with Gasteiger partial charge in [0.25, 0.3) is 5.91 Å². The number of carbonyl (C=O) groups is 2. The molecule has 0 radical (unpaired) electrons. The minimum absolute atomic E-state index is 0.240. The molecular weight excluding hydrogens is 346 g/mol. The molecule has 2 aromatic rings. The molecule has 0 saturated carbocycles. The van der Waals surface area contributed by atoms with Crippen LogP contribution in [0.1, 0.15) is 19.4 Å². The van der Waals surface area contributed by atoms with E-state index < -0.39 is 18.2 Å². The molecule has 0 saturated heterocycles. The Bertz CT molecular complexity index is 773. The van der Waals surface area contributed by atoms with Crippen LogP contribution in [-0.4, -0.2) is 52.4 Å². The highest BCUT2D eigenvalue weighted by molar-refractivity contribution is 5.84. The Hall–Kier alpha value is -2.93. The quantitative estimate of drug-likeness (QED) is 0.500. The third kappa shape index (κ3) is 5.79. The third-order valence-electron chi connectivity index (χ3n) is 3.89. The van der Waals surface area contributed by atoms with Crippen molar-refractivity contribution in [3.05, 3.63) is 60.9 Å². The largest absolute Gasteiger partial charge is 0.451 e. The second kappa shape index (κ2) is 9.68. The number of rotatable bonds is 9. The van der Waals surface area contributed by atoms with Crippen molar-refractivity contribution < 1.29 is 19.1 Å². The van der Waals surface area contributed by atoms with E-state index in [0.717, 1.165) is 11.3 Å². The van der Waals surface area contributed by atoms with Gasteiger partial charge in [-0.3, -0.25) is 4.79 Å². The van der Waals surface area contributed by atoms with Crippen LogP contribution >= 0.6 is 0 Å². The van der Waals surface area contributed by atoms with Crippen LogP contribution in [-0.2, 0) is 25.6 Å². The van der Waals surface area contributed by atoms with E-state index >= 15 is 0 Å². The number of esters is 1. The van der Waals surface area contributed by atoms with Crippen molar-refractivity contribution in [2.75, 3.05) is 13.7 Å². The van der Waals surface area contributed by atoms with E-state index in [1.165, 1.54) is 4.90 Å². The zero-order chi connectivity index (χ0) is 19.8. The zero-order valence-corrected chi connectivity index (χ0v) is 15.9. The summed E-state index contributed by atoms with van der Waals surface area (Å²) in [6.45, 7) is 7.24. The highest BCUT2D eigenvalue weighted by Crippen LogP contribution is 2.10. The van der Waals surface area contributed by atoms with E-state index in [0.29, 0.717) is 6.54 Å². The fraction of sp³-hybridized carbons (Fsp3) is 0.350. The lowest BCUT2D eigenvalue weighted by Gasteiger charge is -2.22. The second-order valence-corrected chi connectivity index (χ2v) is 6.17. The Morgan fingerprint density at radius 2 is 1.96 bits per heavy atom. The number of benzene rings is 1. The van der Waals surface area contributed by atoms with Gasteiger partial charge in [-0.25, -0.2) is 9.48 Å². The van der Waals surface area contributed by atoms with Gasteiger partial charge in [-0.2, -0.15) is 5.10 Å². The molecule has 2 atom stereocenters. The molecule has 1 aromatic heterocycles. The number of ether oxygens (including phenoxy) is 2. The van der Waals surface area contributed by atoms with Gasteiger partial charge in [-0.15, -0.1) is 6.58 Å². The number of hydrogen-bond acceptors (Lipinski definition) is 5. The van der Waals surface area contributed by atoms with Gasteiger partial charge in [0.15, 0.2) is 12.2 Å². The number of likely N-dealkylation sites (N-methyl/N-ethyl adjacent to an activating group) is 1. The Labute approximate surface area is 159 Å². The Morgan fingerprint density at radius 1 is 1.26 bits per heavy atom. The molecule has 0 spiro atoms. The van der Waals surface area contributed by atoms with E-state index in [4.69, 9.17) is 9.47 Å². The maximum Gasteiger partial charge on any atom is 0.335 e. The average molecular weight is 371 g/mol. The number of para-hydroxylation sites is 1.